The van der Waals surface area contributed by atoms with E-state index in [2.05, 4.69) is 42.2 Å². The van der Waals surface area contributed by atoms with Gasteiger partial charge >= 0.3 is 0 Å². The molecule has 0 bridgehead atoms. The third-order valence-electron chi connectivity index (χ3n) is 5.56. The highest BCUT2D eigenvalue weighted by Gasteiger charge is 2.23. The summed E-state index contributed by atoms with van der Waals surface area (Å²) in [5.41, 5.74) is 3.56. The minimum absolute atomic E-state index is 0.510. The van der Waals surface area contributed by atoms with E-state index >= 15 is 0 Å². The number of piperazine rings is 1. The largest absolute Gasteiger partial charge is 0.497 e. The Kier molecular flexibility index (Phi) is 5.30. The minimum atomic E-state index is 0.510. The maximum Gasteiger partial charge on any atom is 0.184 e. The standard InChI is InChI=1S/C22H22ClN7O/c1-31-18-7-4-6-17(13-18)28-9-11-29(12-10-28)21-20-22(25-15-24-21)30(27-26-20)14-16-5-2-3-8-19(16)23/h2-8,13,15H,9-12,14H2,1H3. The Labute approximate surface area is 185 Å². The molecule has 0 spiro atoms. The number of benzene rings is 2. The van der Waals surface area contributed by atoms with Crippen molar-refractivity contribution in [2.24, 2.45) is 0 Å². The molecule has 5 rings (SSSR count). The lowest BCUT2D eigenvalue weighted by Gasteiger charge is -2.36. The first-order valence-electron chi connectivity index (χ1n) is 10.1. The quantitative estimate of drug-likeness (QED) is 0.476. The van der Waals surface area contributed by atoms with Crippen LogP contribution in [0.3, 0.4) is 0 Å². The van der Waals surface area contributed by atoms with Crippen molar-refractivity contribution in [2.75, 3.05) is 43.1 Å². The Balaban J connectivity index is 1.35. The van der Waals surface area contributed by atoms with E-state index in [0.717, 1.165) is 49.0 Å². The number of hydrogen-bond acceptors (Lipinski definition) is 7. The normalized spacial score (nSPS) is 14.3. The number of ether oxygens (including phenoxy) is 1. The molecule has 0 N–H and O–H groups in total. The van der Waals surface area contributed by atoms with Crippen LogP contribution in [0.1, 0.15) is 5.56 Å². The number of halogens is 1. The average Bonchev–Trinajstić information content (AvgIpc) is 3.24. The number of anilines is 2. The molecule has 9 heteroatoms. The summed E-state index contributed by atoms with van der Waals surface area (Å²) in [7, 11) is 1.69. The highest BCUT2D eigenvalue weighted by Crippen LogP contribution is 2.26. The molecule has 2 aromatic carbocycles. The summed E-state index contributed by atoms with van der Waals surface area (Å²) in [5, 5.41) is 9.42. The minimum Gasteiger partial charge on any atom is -0.497 e. The first-order chi connectivity index (χ1) is 15.2. The molecule has 4 aromatic rings. The van der Waals surface area contributed by atoms with Crippen LogP contribution < -0.4 is 14.5 Å². The third-order valence-corrected chi connectivity index (χ3v) is 5.93. The third kappa shape index (κ3) is 3.86. The predicted molar refractivity (Wildman–Crippen MR) is 121 cm³/mol. The van der Waals surface area contributed by atoms with Crippen LogP contribution in [0.5, 0.6) is 5.75 Å². The summed E-state index contributed by atoms with van der Waals surface area (Å²) in [6.45, 7) is 3.94. The number of methoxy groups -OCH3 is 1. The van der Waals surface area contributed by atoms with Gasteiger partial charge in [0.15, 0.2) is 17.0 Å². The van der Waals surface area contributed by atoms with Gasteiger partial charge in [0, 0.05) is 43.0 Å². The van der Waals surface area contributed by atoms with Crippen molar-refractivity contribution in [1.82, 2.24) is 25.0 Å². The fourth-order valence-corrected chi connectivity index (χ4v) is 4.08. The lowest BCUT2D eigenvalue weighted by Crippen LogP contribution is -2.47. The zero-order valence-electron chi connectivity index (χ0n) is 17.1. The lowest BCUT2D eigenvalue weighted by atomic mass is 10.2. The van der Waals surface area contributed by atoms with E-state index in [1.165, 1.54) is 0 Å². The number of hydrogen-bond donors (Lipinski definition) is 0. The van der Waals surface area contributed by atoms with Crippen LogP contribution in [0, 0.1) is 0 Å². The van der Waals surface area contributed by atoms with Crippen LogP contribution in [-0.4, -0.2) is 58.3 Å². The van der Waals surface area contributed by atoms with Crippen molar-refractivity contribution in [1.29, 1.82) is 0 Å². The summed E-state index contributed by atoms with van der Waals surface area (Å²) in [5.74, 6) is 1.69. The molecule has 8 nitrogen and oxygen atoms in total. The van der Waals surface area contributed by atoms with Crippen LogP contribution in [0.4, 0.5) is 11.5 Å². The number of rotatable bonds is 5. The van der Waals surface area contributed by atoms with Crippen molar-refractivity contribution in [3.05, 3.63) is 65.4 Å². The van der Waals surface area contributed by atoms with Crippen molar-refractivity contribution in [2.45, 2.75) is 6.54 Å². The summed E-state index contributed by atoms with van der Waals surface area (Å²) >= 11 is 6.31. The van der Waals surface area contributed by atoms with Crippen molar-refractivity contribution < 1.29 is 4.74 Å². The summed E-state index contributed by atoms with van der Waals surface area (Å²) < 4.78 is 7.13. The Morgan fingerprint density at radius 2 is 1.77 bits per heavy atom. The van der Waals surface area contributed by atoms with Crippen molar-refractivity contribution >= 4 is 34.3 Å². The van der Waals surface area contributed by atoms with Gasteiger partial charge in [0.25, 0.3) is 0 Å². The van der Waals surface area contributed by atoms with E-state index in [9.17, 15) is 0 Å². The van der Waals surface area contributed by atoms with E-state index in [-0.39, 0.29) is 0 Å². The molecule has 0 unspecified atom stereocenters. The zero-order chi connectivity index (χ0) is 21.2. The van der Waals surface area contributed by atoms with Gasteiger partial charge in [-0.25, -0.2) is 14.6 Å². The Bertz CT molecular complexity index is 1200. The molecule has 0 radical (unpaired) electrons. The monoisotopic (exact) mass is 435 g/mol. The molecule has 31 heavy (non-hydrogen) atoms. The smallest absolute Gasteiger partial charge is 0.184 e. The van der Waals surface area contributed by atoms with Crippen LogP contribution in [0.25, 0.3) is 11.2 Å². The maximum atomic E-state index is 6.31. The summed E-state index contributed by atoms with van der Waals surface area (Å²) in [4.78, 5) is 13.6. The van der Waals surface area contributed by atoms with Crippen LogP contribution in [0.15, 0.2) is 54.9 Å². The molecule has 1 aliphatic heterocycles. The van der Waals surface area contributed by atoms with Gasteiger partial charge in [-0.15, -0.1) is 5.10 Å². The van der Waals surface area contributed by atoms with Gasteiger partial charge in [-0.3, -0.25) is 0 Å². The molecule has 0 atom stereocenters. The topological polar surface area (TPSA) is 72.2 Å². The van der Waals surface area contributed by atoms with Crippen LogP contribution in [-0.2, 0) is 6.54 Å². The molecule has 1 fully saturated rings. The summed E-state index contributed by atoms with van der Waals surface area (Å²) in [6, 6.07) is 15.9. The van der Waals surface area contributed by atoms with E-state index in [4.69, 9.17) is 16.3 Å². The Morgan fingerprint density at radius 3 is 2.58 bits per heavy atom. The van der Waals surface area contributed by atoms with Gasteiger partial charge in [0.05, 0.1) is 13.7 Å². The van der Waals surface area contributed by atoms with E-state index in [0.29, 0.717) is 22.7 Å². The number of aromatic nitrogens is 5. The van der Waals surface area contributed by atoms with Gasteiger partial charge in [0.2, 0.25) is 0 Å². The van der Waals surface area contributed by atoms with E-state index < -0.39 is 0 Å². The van der Waals surface area contributed by atoms with Crippen molar-refractivity contribution in [3.63, 3.8) is 0 Å². The fourth-order valence-electron chi connectivity index (χ4n) is 3.89. The first-order valence-corrected chi connectivity index (χ1v) is 10.5. The Hall–Kier alpha value is -3.39. The molecule has 2 aromatic heterocycles. The molecular formula is C22H22ClN7O. The number of fused-ring (bicyclic) bond motifs is 1. The van der Waals surface area contributed by atoms with Gasteiger partial charge in [-0.05, 0) is 23.8 Å². The molecule has 1 saturated heterocycles. The first kappa shape index (κ1) is 19.6. The molecule has 3 heterocycles. The Morgan fingerprint density at radius 1 is 0.968 bits per heavy atom. The van der Waals surface area contributed by atoms with Crippen molar-refractivity contribution in [3.8, 4) is 5.75 Å². The second-order valence-corrected chi connectivity index (χ2v) is 7.79. The predicted octanol–water partition coefficient (Wildman–Crippen LogP) is 3.26. The second kappa shape index (κ2) is 8.39. The molecule has 0 amide bonds. The zero-order valence-corrected chi connectivity index (χ0v) is 17.9. The molecule has 1 aliphatic rings. The van der Waals surface area contributed by atoms with Gasteiger partial charge in [-0.1, -0.05) is 41.1 Å². The maximum absolute atomic E-state index is 6.31. The highest BCUT2D eigenvalue weighted by molar-refractivity contribution is 6.31. The van der Waals surface area contributed by atoms with Gasteiger partial charge in [0.1, 0.15) is 12.1 Å². The molecule has 0 aliphatic carbocycles. The average molecular weight is 436 g/mol. The summed E-state index contributed by atoms with van der Waals surface area (Å²) in [6.07, 6.45) is 1.58. The lowest BCUT2D eigenvalue weighted by molar-refractivity contribution is 0.414. The van der Waals surface area contributed by atoms with E-state index in [1.54, 1.807) is 18.1 Å². The fraction of sp³-hybridized carbons (Fsp3) is 0.273. The van der Waals surface area contributed by atoms with Crippen LogP contribution in [0.2, 0.25) is 5.02 Å². The van der Waals surface area contributed by atoms with Gasteiger partial charge < -0.3 is 14.5 Å². The second-order valence-electron chi connectivity index (χ2n) is 7.38. The molecule has 0 saturated carbocycles. The van der Waals surface area contributed by atoms with E-state index in [1.807, 2.05) is 36.4 Å². The number of nitrogens with zero attached hydrogens (tertiary/aromatic N) is 7. The highest BCUT2D eigenvalue weighted by atomic mass is 35.5. The molecular weight excluding hydrogens is 414 g/mol. The SMILES string of the molecule is COc1cccc(N2CCN(c3ncnc4c3nnn4Cc3ccccc3Cl)CC2)c1. The van der Waals surface area contributed by atoms with Gasteiger partial charge in [-0.2, -0.15) is 0 Å². The molecule has 158 valence electrons. The van der Waals surface area contributed by atoms with Crippen LogP contribution >= 0.6 is 11.6 Å².